The Morgan fingerprint density at radius 1 is 1.25 bits per heavy atom. The van der Waals surface area contributed by atoms with Crippen molar-refractivity contribution in [3.63, 3.8) is 0 Å². The van der Waals surface area contributed by atoms with Crippen molar-refractivity contribution in [2.24, 2.45) is 0 Å². The molecule has 0 saturated carbocycles. The Kier molecular flexibility index (Phi) is 1.75. The summed E-state index contributed by atoms with van der Waals surface area (Å²) in [6.07, 6.45) is 5.94. The zero-order chi connectivity index (χ0) is 8.39. The van der Waals surface area contributed by atoms with Crippen LogP contribution in [0.5, 0.6) is 0 Å². The largest absolute Gasteiger partial charge is 0.256 e. The fourth-order valence-corrected chi connectivity index (χ4v) is 1.50. The molecule has 1 aromatic rings. The quantitative estimate of drug-likeness (QED) is 0.572. The van der Waals surface area contributed by atoms with Crippen LogP contribution in [0.15, 0.2) is 6.20 Å². The molecule has 0 radical (unpaired) electrons. The molecule has 0 amide bonds. The second-order valence-corrected chi connectivity index (χ2v) is 2.97. The summed E-state index contributed by atoms with van der Waals surface area (Å²) in [5, 5.41) is 8.59. The molecule has 1 aliphatic rings. The third-order valence-corrected chi connectivity index (χ3v) is 2.12. The Morgan fingerprint density at radius 3 is 2.75 bits per heavy atom. The summed E-state index contributed by atoms with van der Waals surface area (Å²) in [6, 6.07) is 2.00. The zero-order valence-electron chi connectivity index (χ0n) is 6.75. The van der Waals surface area contributed by atoms with E-state index >= 15 is 0 Å². The van der Waals surface area contributed by atoms with Gasteiger partial charge in [-0.2, -0.15) is 5.26 Å². The van der Waals surface area contributed by atoms with Gasteiger partial charge in [-0.1, -0.05) is 0 Å². The molecule has 0 atom stereocenters. The van der Waals surface area contributed by atoms with Crippen molar-refractivity contribution in [1.29, 1.82) is 5.26 Å². The summed E-state index contributed by atoms with van der Waals surface area (Å²) in [7, 11) is 0. The predicted molar refractivity (Wildman–Crippen MR) is 43.4 cm³/mol. The van der Waals surface area contributed by atoms with Crippen LogP contribution in [0.2, 0.25) is 0 Å². The van der Waals surface area contributed by atoms with E-state index < -0.39 is 0 Å². The molecule has 0 unspecified atom stereocenters. The molecular formula is C9H9N3. The van der Waals surface area contributed by atoms with Gasteiger partial charge in [0.2, 0.25) is 0 Å². The average Bonchev–Trinajstić information content (AvgIpc) is 2.17. The van der Waals surface area contributed by atoms with Gasteiger partial charge in [0.1, 0.15) is 6.07 Å². The van der Waals surface area contributed by atoms with E-state index in [1.165, 1.54) is 12.8 Å². The maximum Gasteiger partial charge on any atom is 0.159 e. The number of aromatic nitrogens is 2. The van der Waals surface area contributed by atoms with Crippen LogP contribution >= 0.6 is 0 Å². The monoisotopic (exact) mass is 159 g/mol. The minimum atomic E-state index is 0.440. The molecule has 0 aromatic carbocycles. The van der Waals surface area contributed by atoms with E-state index in [0.29, 0.717) is 5.69 Å². The minimum absolute atomic E-state index is 0.440. The van der Waals surface area contributed by atoms with Gasteiger partial charge in [-0.25, -0.2) is 4.98 Å². The smallest absolute Gasteiger partial charge is 0.159 e. The Morgan fingerprint density at radius 2 is 2.00 bits per heavy atom. The van der Waals surface area contributed by atoms with Gasteiger partial charge in [-0.3, -0.25) is 4.98 Å². The van der Waals surface area contributed by atoms with E-state index in [1.54, 1.807) is 6.20 Å². The SMILES string of the molecule is N#Cc1cnc2c(n1)CCCC2. The first-order valence-corrected chi connectivity index (χ1v) is 4.15. The van der Waals surface area contributed by atoms with Crippen molar-refractivity contribution >= 4 is 0 Å². The first kappa shape index (κ1) is 7.23. The fourth-order valence-electron chi connectivity index (χ4n) is 1.50. The highest BCUT2D eigenvalue weighted by molar-refractivity contribution is 5.23. The molecule has 60 valence electrons. The molecule has 0 fully saturated rings. The van der Waals surface area contributed by atoms with Crippen LogP contribution in [-0.2, 0) is 12.8 Å². The lowest BCUT2D eigenvalue weighted by molar-refractivity contribution is 0.647. The lowest BCUT2D eigenvalue weighted by Crippen LogP contribution is -2.08. The molecule has 12 heavy (non-hydrogen) atoms. The topological polar surface area (TPSA) is 49.6 Å². The van der Waals surface area contributed by atoms with Crippen LogP contribution in [-0.4, -0.2) is 9.97 Å². The number of nitriles is 1. The molecule has 0 N–H and O–H groups in total. The van der Waals surface area contributed by atoms with Crippen LogP contribution in [0, 0.1) is 11.3 Å². The maximum atomic E-state index is 8.59. The van der Waals surface area contributed by atoms with E-state index in [0.717, 1.165) is 24.2 Å². The van der Waals surface area contributed by atoms with Crippen LogP contribution in [0.25, 0.3) is 0 Å². The summed E-state index contributed by atoms with van der Waals surface area (Å²) in [5.74, 6) is 0. The molecule has 3 heteroatoms. The van der Waals surface area contributed by atoms with Gasteiger partial charge < -0.3 is 0 Å². The van der Waals surface area contributed by atoms with Crippen LogP contribution < -0.4 is 0 Å². The first-order chi connectivity index (χ1) is 5.90. The van der Waals surface area contributed by atoms with Crippen molar-refractivity contribution in [3.8, 4) is 6.07 Å². The van der Waals surface area contributed by atoms with Crippen molar-refractivity contribution in [3.05, 3.63) is 23.3 Å². The number of hydrogen-bond donors (Lipinski definition) is 0. The molecular weight excluding hydrogens is 150 g/mol. The summed E-state index contributed by atoms with van der Waals surface area (Å²) < 4.78 is 0. The third-order valence-electron chi connectivity index (χ3n) is 2.12. The number of fused-ring (bicyclic) bond motifs is 1. The molecule has 1 heterocycles. The van der Waals surface area contributed by atoms with Crippen molar-refractivity contribution in [1.82, 2.24) is 9.97 Å². The maximum absolute atomic E-state index is 8.59. The van der Waals surface area contributed by atoms with Crippen molar-refractivity contribution < 1.29 is 0 Å². The van der Waals surface area contributed by atoms with Crippen molar-refractivity contribution in [2.75, 3.05) is 0 Å². The standard InChI is InChI=1S/C9H9N3/c10-5-7-6-11-8-3-1-2-4-9(8)12-7/h6H,1-4H2. The summed E-state index contributed by atoms with van der Waals surface area (Å²) in [4.78, 5) is 8.41. The lowest BCUT2D eigenvalue weighted by Gasteiger charge is -2.12. The Bertz CT molecular complexity index is 338. The highest BCUT2D eigenvalue weighted by Gasteiger charge is 2.11. The van der Waals surface area contributed by atoms with Gasteiger partial charge in [-0.15, -0.1) is 0 Å². The third kappa shape index (κ3) is 1.16. The van der Waals surface area contributed by atoms with Gasteiger partial charge >= 0.3 is 0 Å². The highest BCUT2D eigenvalue weighted by Crippen LogP contribution is 2.16. The lowest BCUT2D eigenvalue weighted by atomic mass is 10.0. The summed E-state index contributed by atoms with van der Waals surface area (Å²) in [6.45, 7) is 0. The molecule has 0 bridgehead atoms. The average molecular weight is 159 g/mol. The van der Waals surface area contributed by atoms with Gasteiger partial charge in [0.05, 0.1) is 17.6 Å². The predicted octanol–water partition coefficient (Wildman–Crippen LogP) is 1.23. The minimum Gasteiger partial charge on any atom is -0.256 e. The van der Waals surface area contributed by atoms with Crippen LogP contribution in [0.3, 0.4) is 0 Å². The van der Waals surface area contributed by atoms with E-state index in [9.17, 15) is 0 Å². The van der Waals surface area contributed by atoms with Gasteiger partial charge in [-0.05, 0) is 25.7 Å². The fraction of sp³-hybridized carbons (Fsp3) is 0.444. The Balaban J connectivity index is 2.44. The normalized spacial score (nSPS) is 14.9. The second kappa shape index (κ2) is 2.90. The molecule has 0 spiro atoms. The molecule has 1 aromatic heterocycles. The second-order valence-electron chi connectivity index (χ2n) is 2.97. The number of nitrogens with zero attached hydrogens (tertiary/aromatic N) is 3. The van der Waals surface area contributed by atoms with Gasteiger partial charge in [0, 0.05) is 0 Å². The highest BCUT2D eigenvalue weighted by atomic mass is 14.8. The van der Waals surface area contributed by atoms with E-state index in [1.807, 2.05) is 6.07 Å². The van der Waals surface area contributed by atoms with E-state index in [2.05, 4.69) is 9.97 Å². The van der Waals surface area contributed by atoms with E-state index in [4.69, 9.17) is 5.26 Å². The van der Waals surface area contributed by atoms with Crippen LogP contribution in [0.4, 0.5) is 0 Å². The number of hydrogen-bond acceptors (Lipinski definition) is 3. The Labute approximate surface area is 71.1 Å². The molecule has 0 aliphatic heterocycles. The van der Waals surface area contributed by atoms with E-state index in [-0.39, 0.29) is 0 Å². The number of rotatable bonds is 0. The molecule has 0 saturated heterocycles. The first-order valence-electron chi connectivity index (χ1n) is 4.15. The Hall–Kier alpha value is -1.43. The molecule has 1 aliphatic carbocycles. The number of aryl methyl sites for hydroxylation is 2. The van der Waals surface area contributed by atoms with Gasteiger partial charge in [0.25, 0.3) is 0 Å². The van der Waals surface area contributed by atoms with Crippen molar-refractivity contribution in [2.45, 2.75) is 25.7 Å². The summed E-state index contributed by atoms with van der Waals surface area (Å²) >= 11 is 0. The van der Waals surface area contributed by atoms with Crippen LogP contribution in [0.1, 0.15) is 29.9 Å². The molecule has 2 rings (SSSR count). The summed E-state index contributed by atoms with van der Waals surface area (Å²) in [5.41, 5.74) is 2.55. The van der Waals surface area contributed by atoms with Gasteiger partial charge in [0.15, 0.2) is 5.69 Å². The zero-order valence-corrected chi connectivity index (χ0v) is 6.75. The molecule has 3 nitrogen and oxygen atoms in total.